The maximum atomic E-state index is 12.5. The van der Waals surface area contributed by atoms with E-state index in [1.54, 1.807) is 12.4 Å². The SMILES string of the molecule is O=C(O)NC12CC(c3cnn(-c4ccc(C(F)(F)F)nc4)c3)(C1)C2. The van der Waals surface area contributed by atoms with Crippen LogP contribution in [0.5, 0.6) is 0 Å². The minimum atomic E-state index is -4.47. The zero-order valence-corrected chi connectivity index (χ0v) is 12.3. The minimum Gasteiger partial charge on any atom is -0.465 e. The van der Waals surface area contributed by atoms with Gasteiger partial charge in [-0.25, -0.2) is 14.5 Å². The molecule has 0 saturated heterocycles. The first kappa shape index (κ1) is 15.0. The summed E-state index contributed by atoms with van der Waals surface area (Å²) in [7, 11) is 0. The number of pyridine rings is 1. The number of halogens is 3. The third kappa shape index (κ3) is 2.15. The number of aromatic nitrogens is 3. The predicted octanol–water partition coefficient (Wildman–Crippen LogP) is 2.73. The van der Waals surface area contributed by atoms with Gasteiger partial charge in [0.05, 0.1) is 18.1 Å². The fourth-order valence-electron chi connectivity index (χ4n) is 3.88. The lowest BCUT2D eigenvalue weighted by atomic mass is 9.38. The van der Waals surface area contributed by atoms with Crippen LogP contribution >= 0.6 is 0 Å². The molecule has 6 nitrogen and oxygen atoms in total. The van der Waals surface area contributed by atoms with Crippen molar-refractivity contribution >= 4 is 6.09 Å². The van der Waals surface area contributed by atoms with Crippen molar-refractivity contribution in [2.45, 2.75) is 36.4 Å². The highest BCUT2D eigenvalue weighted by Crippen LogP contribution is 2.67. The van der Waals surface area contributed by atoms with Crippen LogP contribution in [0.4, 0.5) is 18.0 Å². The van der Waals surface area contributed by atoms with Gasteiger partial charge in [-0.2, -0.15) is 18.3 Å². The van der Waals surface area contributed by atoms with Crippen LogP contribution in [-0.4, -0.2) is 31.5 Å². The van der Waals surface area contributed by atoms with E-state index in [1.807, 2.05) is 0 Å². The molecule has 2 heterocycles. The molecule has 5 rings (SSSR count). The molecule has 3 saturated carbocycles. The van der Waals surface area contributed by atoms with Gasteiger partial charge in [-0.05, 0) is 37.0 Å². The van der Waals surface area contributed by atoms with Crippen molar-refractivity contribution in [1.82, 2.24) is 20.1 Å². The summed E-state index contributed by atoms with van der Waals surface area (Å²) in [4.78, 5) is 14.2. The molecule has 9 heteroatoms. The van der Waals surface area contributed by atoms with E-state index in [9.17, 15) is 18.0 Å². The number of hydrogen-bond donors (Lipinski definition) is 2. The highest BCUT2D eigenvalue weighted by atomic mass is 19.4. The van der Waals surface area contributed by atoms with Gasteiger partial charge in [0, 0.05) is 17.2 Å². The number of alkyl halides is 3. The van der Waals surface area contributed by atoms with E-state index in [4.69, 9.17) is 5.11 Å². The van der Waals surface area contributed by atoms with Crippen LogP contribution in [0.1, 0.15) is 30.5 Å². The highest BCUT2D eigenvalue weighted by molar-refractivity contribution is 5.67. The maximum absolute atomic E-state index is 12.5. The summed E-state index contributed by atoms with van der Waals surface area (Å²) in [5.74, 6) is 0. The van der Waals surface area contributed by atoms with Crippen LogP contribution in [0.25, 0.3) is 5.69 Å². The molecular weight excluding hydrogens is 325 g/mol. The summed E-state index contributed by atoms with van der Waals surface area (Å²) < 4.78 is 39.1. The van der Waals surface area contributed by atoms with Crippen molar-refractivity contribution in [3.63, 3.8) is 0 Å². The summed E-state index contributed by atoms with van der Waals surface area (Å²) in [6, 6.07) is 2.24. The summed E-state index contributed by atoms with van der Waals surface area (Å²) in [6.45, 7) is 0. The fourth-order valence-corrected chi connectivity index (χ4v) is 3.88. The third-order valence-corrected chi connectivity index (χ3v) is 4.90. The van der Waals surface area contributed by atoms with Crippen LogP contribution in [0, 0.1) is 0 Å². The molecule has 2 bridgehead atoms. The monoisotopic (exact) mass is 338 g/mol. The van der Waals surface area contributed by atoms with E-state index in [1.165, 1.54) is 10.7 Å². The maximum Gasteiger partial charge on any atom is 0.433 e. The van der Waals surface area contributed by atoms with Crippen LogP contribution in [0.3, 0.4) is 0 Å². The van der Waals surface area contributed by atoms with Crippen LogP contribution in [-0.2, 0) is 11.6 Å². The summed E-state index contributed by atoms with van der Waals surface area (Å²) in [6.07, 6.45) is 1.28. The van der Waals surface area contributed by atoms with E-state index in [0.717, 1.165) is 37.1 Å². The van der Waals surface area contributed by atoms with Gasteiger partial charge >= 0.3 is 12.3 Å². The first-order valence-electron chi connectivity index (χ1n) is 7.31. The largest absolute Gasteiger partial charge is 0.465 e. The van der Waals surface area contributed by atoms with Crippen molar-refractivity contribution in [2.24, 2.45) is 0 Å². The zero-order valence-electron chi connectivity index (χ0n) is 12.3. The van der Waals surface area contributed by atoms with Crippen molar-refractivity contribution in [2.75, 3.05) is 0 Å². The van der Waals surface area contributed by atoms with Gasteiger partial charge in [0.15, 0.2) is 0 Å². The average Bonchev–Trinajstić information content (AvgIpc) is 2.89. The van der Waals surface area contributed by atoms with Gasteiger partial charge in [-0.15, -0.1) is 0 Å². The van der Waals surface area contributed by atoms with Crippen LogP contribution < -0.4 is 5.32 Å². The lowest BCUT2D eigenvalue weighted by molar-refractivity contribution is -0.141. The Balaban J connectivity index is 1.50. The molecule has 0 unspecified atom stereocenters. The van der Waals surface area contributed by atoms with Gasteiger partial charge in [0.25, 0.3) is 0 Å². The van der Waals surface area contributed by atoms with E-state index < -0.39 is 18.0 Å². The second-order valence-electron chi connectivity index (χ2n) is 6.59. The normalized spacial score (nSPS) is 28.0. The molecule has 0 atom stereocenters. The Bertz CT molecular complexity index is 793. The molecule has 2 N–H and O–H groups in total. The molecule has 3 aliphatic carbocycles. The number of nitrogens with zero attached hydrogens (tertiary/aromatic N) is 3. The third-order valence-electron chi connectivity index (χ3n) is 4.90. The van der Waals surface area contributed by atoms with Crippen molar-refractivity contribution < 1.29 is 23.1 Å². The molecule has 1 amide bonds. The van der Waals surface area contributed by atoms with Crippen molar-refractivity contribution in [3.05, 3.63) is 42.0 Å². The number of nitrogens with one attached hydrogen (secondary N) is 1. The van der Waals surface area contributed by atoms with Crippen molar-refractivity contribution in [1.29, 1.82) is 0 Å². The Labute approximate surface area is 134 Å². The van der Waals surface area contributed by atoms with Crippen molar-refractivity contribution in [3.8, 4) is 5.69 Å². The van der Waals surface area contributed by atoms with Gasteiger partial charge in [-0.3, -0.25) is 0 Å². The molecule has 0 aromatic carbocycles. The molecular formula is C15H13F3N4O2. The predicted molar refractivity (Wildman–Crippen MR) is 75.8 cm³/mol. The van der Waals surface area contributed by atoms with E-state index in [-0.39, 0.29) is 11.0 Å². The van der Waals surface area contributed by atoms with Crippen LogP contribution in [0.15, 0.2) is 30.7 Å². The Kier molecular flexibility index (Phi) is 2.80. The van der Waals surface area contributed by atoms with Gasteiger partial charge in [-0.1, -0.05) is 0 Å². The number of rotatable bonds is 3. The Hall–Kier alpha value is -2.58. The van der Waals surface area contributed by atoms with Gasteiger partial charge < -0.3 is 10.4 Å². The summed E-state index contributed by atoms with van der Waals surface area (Å²) in [5, 5.41) is 15.6. The lowest BCUT2D eigenvalue weighted by Gasteiger charge is -2.70. The molecule has 3 aliphatic rings. The molecule has 2 aromatic rings. The molecule has 0 aliphatic heterocycles. The molecule has 0 radical (unpaired) electrons. The number of carbonyl (C=O) groups is 1. The molecule has 24 heavy (non-hydrogen) atoms. The zero-order chi connectivity index (χ0) is 17.2. The topological polar surface area (TPSA) is 80.0 Å². The minimum absolute atomic E-state index is 0.0694. The number of amides is 1. The van der Waals surface area contributed by atoms with Gasteiger partial charge in [0.1, 0.15) is 5.69 Å². The smallest absolute Gasteiger partial charge is 0.433 e. The Morgan fingerprint density at radius 1 is 1.25 bits per heavy atom. The Morgan fingerprint density at radius 2 is 1.96 bits per heavy atom. The lowest BCUT2D eigenvalue weighted by Crippen LogP contribution is -2.76. The highest BCUT2D eigenvalue weighted by Gasteiger charge is 2.69. The number of hydrogen-bond acceptors (Lipinski definition) is 3. The summed E-state index contributed by atoms with van der Waals surface area (Å²) >= 11 is 0. The quantitative estimate of drug-likeness (QED) is 0.902. The number of carboxylic acid groups (broad SMARTS) is 1. The fraction of sp³-hybridized carbons (Fsp3) is 0.400. The molecule has 126 valence electrons. The second-order valence-corrected chi connectivity index (χ2v) is 6.59. The van der Waals surface area contributed by atoms with E-state index in [0.29, 0.717) is 5.69 Å². The first-order valence-corrected chi connectivity index (χ1v) is 7.31. The van der Waals surface area contributed by atoms with E-state index in [2.05, 4.69) is 15.4 Å². The van der Waals surface area contributed by atoms with Crippen LogP contribution in [0.2, 0.25) is 0 Å². The molecule has 2 aromatic heterocycles. The second kappa shape index (κ2) is 4.49. The summed E-state index contributed by atoms with van der Waals surface area (Å²) in [5.41, 5.74) is 0.0829. The standard InChI is InChI=1S/C15H13F3N4O2/c16-15(17,18)11-2-1-10(4-19-11)22-5-9(3-20-22)13-6-14(7-13,8-13)21-12(23)24/h1-5,21H,6-8H2,(H,23,24). The van der Waals surface area contributed by atoms with Gasteiger partial charge in [0.2, 0.25) is 0 Å². The first-order chi connectivity index (χ1) is 11.2. The molecule has 0 spiro atoms. The van der Waals surface area contributed by atoms with E-state index >= 15 is 0 Å². The average molecular weight is 338 g/mol. The Morgan fingerprint density at radius 3 is 2.50 bits per heavy atom. The molecule has 3 fully saturated rings.